The second-order valence-electron chi connectivity index (χ2n) is 18.3. The van der Waals surface area contributed by atoms with Crippen molar-refractivity contribution in [3.63, 3.8) is 0 Å². The summed E-state index contributed by atoms with van der Waals surface area (Å²) >= 11 is 0. The molecule has 0 saturated heterocycles. The van der Waals surface area contributed by atoms with E-state index in [1.54, 1.807) is 0 Å². The third-order valence-electron chi connectivity index (χ3n) is 11.8. The fourth-order valence-corrected chi connectivity index (χ4v) is 7.86. The van der Waals surface area contributed by atoms with Crippen molar-refractivity contribution in [1.82, 2.24) is 0 Å². The molecule has 0 aliphatic carbocycles. The molecule has 0 aromatic heterocycles. The molecule has 0 unspecified atom stereocenters. The van der Waals surface area contributed by atoms with Crippen LogP contribution in [0.25, 0.3) is 0 Å². The molecule has 0 aromatic rings. The van der Waals surface area contributed by atoms with Gasteiger partial charge in [0.2, 0.25) is 0 Å². The summed E-state index contributed by atoms with van der Waals surface area (Å²) in [6, 6.07) is 0. The van der Waals surface area contributed by atoms with Crippen molar-refractivity contribution in [2.45, 2.75) is 297 Å². The van der Waals surface area contributed by atoms with E-state index in [9.17, 15) is 14.4 Å². The zero-order valence-electron chi connectivity index (χ0n) is 39.5. The number of carbonyl (C=O) groups excluding carboxylic acids is 3. The fourth-order valence-electron chi connectivity index (χ4n) is 7.86. The standard InChI is InChI=1S/C52H100O6/c1-5-7-9-11-13-14-15-16-17-18-19-20-21-22-25-29-33-37-41-45-52(55)58-49(46-56-50(53)43-39-35-30-12-10-8-6-2)47-57-51(54)44-40-36-32-28-26-23-24-27-31-34-38-42-48(3)4/h48-49H,5-47H2,1-4H3/t49-/m1/s1. The molecule has 0 bridgehead atoms. The third kappa shape index (κ3) is 45.5. The highest BCUT2D eigenvalue weighted by atomic mass is 16.6. The Morgan fingerprint density at radius 3 is 0.845 bits per heavy atom. The molecule has 6 heteroatoms. The molecule has 0 rings (SSSR count). The lowest BCUT2D eigenvalue weighted by Crippen LogP contribution is -2.30. The van der Waals surface area contributed by atoms with Crippen molar-refractivity contribution in [3.8, 4) is 0 Å². The molecule has 0 fully saturated rings. The molecule has 0 aromatic carbocycles. The number of unbranched alkanes of at least 4 members (excludes halogenated alkanes) is 34. The van der Waals surface area contributed by atoms with E-state index in [2.05, 4.69) is 27.7 Å². The third-order valence-corrected chi connectivity index (χ3v) is 11.8. The smallest absolute Gasteiger partial charge is 0.306 e. The summed E-state index contributed by atoms with van der Waals surface area (Å²) in [4.78, 5) is 37.8. The predicted molar refractivity (Wildman–Crippen MR) is 247 cm³/mol. The summed E-state index contributed by atoms with van der Waals surface area (Å²) in [5.74, 6) is -0.0254. The Balaban J connectivity index is 4.18. The van der Waals surface area contributed by atoms with Crippen LogP contribution in [0.15, 0.2) is 0 Å². The van der Waals surface area contributed by atoms with E-state index in [4.69, 9.17) is 14.2 Å². The van der Waals surface area contributed by atoms with Crippen molar-refractivity contribution in [1.29, 1.82) is 0 Å². The van der Waals surface area contributed by atoms with Crippen LogP contribution < -0.4 is 0 Å². The van der Waals surface area contributed by atoms with Gasteiger partial charge in [0.05, 0.1) is 0 Å². The summed E-state index contributed by atoms with van der Waals surface area (Å²) in [5.41, 5.74) is 0. The van der Waals surface area contributed by atoms with Gasteiger partial charge in [0.15, 0.2) is 6.10 Å². The van der Waals surface area contributed by atoms with Gasteiger partial charge in [-0.3, -0.25) is 14.4 Å². The summed E-state index contributed by atoms with van der Waals surface area (Å²) < 4.78 is 16.7. The molecule has 0 heterocycles. The molecule has 0 spiro atoms. The molecule has 1 atom stereocenters. The van der Waals surface area contributed by atoms with Crippen LogP contribution in [0.2, 0.25) is 0 Å². The predicted octanol–water partition coefficient (Wildman–Crippen LogP) is 16.7. The Hall–Kier alpha value is -1.59. The molecule has 58 heavy (non-hydrogen) atoms. The Morgan fingerprint density at radius 2 is 0.569 bits per heavy atom. The van der Waals surface area contributed by atoms with E-state index in [0.29, 0.717) is 19.3 Å². The van der Waals surface area contributed by atoms with Gasteiger partial charge in [-0.05, 0) is 25.2 Å². The van der Waals surface area contributed by atoms with E-state index in [0.717, 1.165) is 63.7 Å². The number of ether oxygens (including phenoxy) is 3. The Morgan fingerprint density at radius 1 is 0.328 bits per heavy atom. The molecular formula is C52H100O6. The number of rotatable bonds is 47. The maximum Gasteiger partial charge on any atom is 0.306 e. The average molecular weight is 821 g/mol. The Bertz CT molecular complexity index is 872. The summed E-state index contributed by atoms with van der Waals surface area (Å²) in [6.45, 7) is 8.98. The van der Waals surface area contributed by atoms with Gasteiger partial charge in [0.25, 0.3) is 0 Å². The molecule has 0 N–H and O–H groups in total. The van der Waals surface area contributed by atoms with Crippen molar-refractivity contribution in [2.24, 2.45) is 5.92 Å². The van der Waals surface area contributed by atoms with E-state index in [1.807, 2.05) is 0 Å². The van der Waals surface area contributed by atoms with Crippen LogP contribution in [0, 0.1) is 5.92 Å². The maximum absolute atomic E-state index is 12.8. The van der Waals surface area contributed by atoms with Crippen molar-refractivity contribution < 1.29 is 28.6 Å². The summed E-state index contributed by atoms with van der Waals surface area (Å²) in [6.07, 6.45) is 48.2. The summed E-state index contributed by atoms with van der Waals surface area (Å²) in [7, 11) is 0. The first-order valence-corrected chi connectivity index (χ1v) is 25.9. The lowest BCUT2D eigenvalue weighted by Gasteiger charge is -2.18. The Labute approximate surface area is 361 Å². The highest BCUT2D eigenvalue weighted by Crippen LogP contribution is 2.17. The van der Waals surface area contributed by atoms with Gasteiger partial charge in [-0.2, -0.15) is 0 Å². The zero-order valence-corrected chi connectivity index (χ0v) is 39.5. The number of hydrogen-bond donors (Lipinski definition) is 0. The van der Waals surface area contributed by atoms with Gasteiger partial charge in [-0.25, -0.2) is 0 Å². The van der Waals surface area contributed by atoms with Crippen LogP contribution in [0.1, 0.15) is 291 Å². The van der Waals surface area contributed by atoms with Gasteiger partial charge in [0, 0.05) is 19.3 Å². The van der Waals surface area contributed by atoms with Gasteiger partial charge < -0.3 is 14.2 Å². The quantitative estimate of drug-likeness (QED) is 0.0346. The second-order valence-corrected chi connectivity index (χ2v) is 18.3. The minimum absolute atomic E-state index is 0.0635. The SMILES string of the molecule is CCCCCCCCCCCCCCCCCCCCCC(=O)O[C@H](COC(=O)CCCCCCCCC)COC(=O)CCCCCCCCCCCCCC(C)C. The number of carbonyl (C=O) groups is 3. The maximum atomic E-state index is 12.8. The molecule has 344 valence electrons. The van der Waals surface area contributed by atoms with E-state index in [1.165, 1.54) is 186 Å². The molecule has 0 radical (unpaired) electrons. The number of hydrogen-bond acceptors (Lipinski definition) is 6. The molecule has 0 aliphatic heterocycles. The van der Waals surface area contributed by atoms with E-state index < -0.39 is 6.10 Å². The lowest BCUT2D eigenvalue weighted by molar-refractivity contribution is -0.167. The molecule has 0 aliphatic rings. The van der Waals surface area contributed by atoms with Gasteiger partial charge in [-0.15, -0.1) is 0 Å². The van der Waals surface area contributed by atoms with Crippen LogP contribution in [-0.2, 0) is 28.6 Å². The van der Waals surface area contributed by atoms with Crippen LogP contribution in [0.4, 0.5) is 0 Å². The molecular weight excluding hydrogens is 721 g/mol. The van der Waals surface area contributed by atoms with Crippen LogP contribution in [0.5, 0.6) is 0 Å². The first kappa shape index (κ1) is 56.4. The highest BCUT2D eigenvalue weighted by Gasteiger charge is 2.19. The zero-order chi connectivity index (χ0) is 42.4. The molecule has 6 nitrogen and oxygen atoms in total. The second kappa shape index (κ2) is 46.5. The van der Waals surface area contributed by atoms with Crippen LogP contribution in [-0.4, -0.2) is 37.2 Å². The molecule has 0 amide bonds. The molecule has 0 saturated carbocycles. The topological polar surface area (TPSA) is 78.9 Å². The largest absolute Gasteiger partial charge is 0.462 e. The Kier molecular flexibility index (Phi) is 45.2. The average Bonchev–Trinajstić information content (AvgIpc) is 3.21. The van der Waals surface area contributed by atoms with Crippen molar-refractivity contribution >= 4 is 17.9 Å². The fraction of sp³-hybridized carbons (Fsp3) is 0.942. The van der Waals surface area contributed by atoms with Crippen molar-refractivity contribution in [3.05, 3.63) is 0 Å². The van der Waals surface area contributed by atoms with Gasteiger partial charge >= 0.3 is 17.9 Å². The first-order valence-electron chi connectivity index (χ1n) is 25.9. The van der Waals surface area contributed by atoms with Crippen molar-refractivity contribution in [2.75, 3.05) is 13.2 Å². The normalized spacial score (nSPS) is 11.9. The minimum atomic E-state index is -0.759. The minimum Gasteiger partial charge on any atom is -0.462 e. The lowest BCUT2D eigenvalue weighted by atomic mass is 10.0. The summed E-state index contributed by atoms with van der Waals surface area (Å²) in [5, 5.41) is 0. The monoisotopic (exact) mass is 821 g/mol. The van der Waals surface area contributed by atoms with E-state index in [-0.39, 0.29) is 31.1 Å². The number of esters is 3. The highest BCUT2D eigenvalue weighted by molar-refractivity contribution is 5.71. The van der Waals surface area contributed by atoms with Gasteiger partial charge in [0.1, 0.15) is 13.2 Å². The first-order chi connectivity index (χ1) is 28.4. The van der Waals surface area contributed by atoms with Crippen LogP contribution in [0.3, 0.4) is 0 Å². The van der Waals surface area contributed by atoms with Crippen LogP contribution >= 0.6 is 0 Å². The van der Waals surface area contributed by atoms with Gasteiger partial charge in [-0.1, -0.05) is 252 Å². The van der Waals surface area contributed by atoms with E-state index >= 15 is 0 Å².